The number of aliphatic hydroxyl groups excluding tert-OH is 5. The van der Waals surface area contributed by atoms with Crippen LogP contribution in [-0.2, 0) is 23.8 Å². The van der Waals surface area contributed by atoms with E-state index >= 15 is 0 Å². The van der Waals surface area contributed by atoms with Crippen LogP contribution < -0.4 is 5.32 Å². The summed E-state index contributed by atoms with van der Waals surface area (Å²) in [6, 6.07) is -0.808. The summed E-state index contributed by atoms with van der Waals surface area (Å²) in [7, 11) is 0. The number of hydrogen-bond donors (Lipinski definition) is 6. The molecule has 0 aromatic carbocycles. The molecule has 0 aromatic rings. The molecule has 0 radical (unpaired) electrons. The van der Waals surface area contributed by atoms with E-state index in [9.17, 15) is 35.1 Å². The second kappa shape index (κ2) is 60.3. The molecule has 7 unspecified atom stereocenters. The Kier molecular flexibility index (Phi) is 57.1. The molecule has 1 saturated heterocycles. The van der Waals surface area contributed by atoms with Crippen molar-refractivity contribution in [1.82, 2.24) is 5.32 Å². The van der Waals surface area contributed by atoms with Gasteiger partial charge >= 0.3 is 5.97 Å². The zero-order valence-electron chi connectivity index (χ0n) is 53.2. The minimum atomic E-state index is -1.57. The van der Waals surface area contributed by atoms with E-state index in [1.165, 1.54) is 238 Å². The third kappa shape index (κ3) is 48.8. The summed E-state index contributed by atoms with van der Waals surface area (Å²) in [5, 5.41) is 54.3. The lowest BCUT2D eigenvalue weighted by Gasteiger charge is -2.40. The van der Waals surface area contributed by atoms with Gasteiger partial charge in [0, 0.05) is 12.8 Å². The maximum Gasteiger partial charge on any atom is 0.305 e. The number of rotatable bonds is 61. The fourth-order valence-electron chi connectivity index (χ4n) is 10.9. The van der Waals surface area contributed by atoms with Crippen LogP contribution in [0.4, 0.5) is 0 Å². The van der Waals surface area contributed by atoms with Crippen LogP contribution in [0.5, 0.6) is 0 Å². The molecule has 7 atom stereocenters. The number of hydrogen-bond acceptors (Lipinski definition) is 10. The molecule has 0 spiro atoms. The molecule has 1 fully saturated rings. The summed E-state index contributed by atoms with van der Waals surface area (Å²) in [6.07, 6.45) is 68.3. The van der Waals surface area contributed by atoms with E-state index in [2.05, 4.69) is 55.6 Å². The van der Waals surface area contributed by atoms with Gasteiger partial charge in [-0.1, -0.05) is 274 Å². The van der Waals surface area contributed by atoms with Crippen LogP contribution in [0, 0.1) is 0 Å². The van der Waals surface area contributed by atoms with Crippen molar-refractivity contribution in [3.8, 4) is 0 Å². The van der Waals surface area contributed by atoms with Gasteiger partial charge in [-0.15, -0.1) is 0 Å². The standard InChI is InChI=1S/C71H131NO10/c1-3-5-7-9-11-13-14-15-36-39-43-47-51-55-59-67(76)80-60-56-52-48-44-40-37-34-32-30-28-26-24-22-20-18-16-17-19-21-23-25-27-29-31-33-35-38-42-46-50-54-58-66(75)72-63(64(74)57-53-49-45-41-12-10-8-6-4-2)62-81-71-70(79)69(78)68(77)65(61-73)82-71/h14-15,18,20,24,26,53,57,63-65,68-71,73-74,77-79H,3-13,16-17,19,21-23,25,27-52,54-56,58-62H2,1-2H3,(H,72,75)/b15-14-,20-18-,26-24-,57-53+. The lowest BCUT2D eigenvalue weighted by Crippen LogP contribution is -2.60. The first-order valence-corrected chi connectivity index (χ1v) is 34.9. The monoisotopic (exact) mass is 1160 g/mol. The van der Waals surface area contributed by atoms with Crippen LogP contribution in [-0.4, -0.2) is 100 Å². The number of esters is 1. The first-order valence-electron chi connectivity index (χ1n) is 34.9. The van der Waals surface area contributed by atoms with Gasteiger partial charge in [-0.3, -0.25) is 9.59 Å². The summed E-state index contributed by atoms with van der Waals surface area (Å²) in [5.41, 5.74) is 0. The number of unbranched alkanes of at least 4 members (excludes halogenated alkanes) is 41. The van der Waals surface area contributed by atoms with Crippen molar-refractivity contribution in [3.05, 3.63) is 48.6 Å². The second-order valence-electron chi connectivity index (χ2n) is 24.2. The largest absolute Gasteiger partial charge is 0.466 e. The molecule has 1 heterocycles. The Balaban J connectivity index is 1.93. The summed E-state index contributed by atoms with van der Waals surface area (Å²) < 4.78 is 16.7. The Morgan fingerprint density at radius 1 is 0.451 bits per heavy atom. The quantitative estimate of drug-likeness (QED) is 0.0195. The van der Waals surface area contributed by atoms with Crippen molar-refractivity contribution in [3.63, 3.8) is 0 Å². The highest BCUT2D eigenvalue weighted by Crippen LogP contribution is 2.23. The van der Waals surface area contributed by atoms with E-state index in [4.69, 9.17) is 14.2 Å². The molecule has 1 rings (SSSR count). The fraction of sp³-hybridized carbons (Fsp3) is 0.859. The Hall–Kier alpha value is -2.38. The first-order chi connectivity index (χ1) is 40.2. The third-order valence-corrected chi connectivity index (χ3v) is 16.4. The predicted molar refractivity (Wildman–Crippen MR) is 343 cm³/mol. The van der Waals surface area contributed by atoms with Gasteiger partial charge in [-0.25, -0.2) is 0 Å². The van der Waals surface area contributed by atoms with Gasteiger partial charge in [0.2, 0.25) is 5.91 Å². The van der Waals surface area contributed by atoms with Crippen molar-refractivity contribution in [1.29, 1.82) is 0 Å². The van der Waals surface area contributed by atoms with Crippen LogP contribution >= 0.6 is 0 Å². The number of carbonyl (C=O) groups is 2. The minimum Gasteiger partial charge on any atom is -0.466 e. The van der Waals surface area contributed by atoms with E-state index < -0.39 is 49.5 Å². The number of ether oxygens (including phenoxy) is 3. The zero-order valence-corrected chi connectivity index (χ0v) is 53.2. The molecule has 0 aliphatic carbocycles. The lowest BCUT2D eigenvalue weighted by molar-refractivity contribution is -0.302. The highest BCUT2D eigenvalue weighted by atomic mass is 16.7. The average molecular weight is 1160 g/mol. The van der Waals surface area contributed by atoms with Gasteiger partial charge in [0.1, 0.15) is 24.4 Å². The molecule has 11 heteroatoms. The molecular weight excluding hydrogens is 1030 g/mol. The van der Waals surface area contributed by atoms with Gasteiger partial charge in [0.05, 0.1) is 32.0 Å². The molecule has 480 valence electrons. The molecular formula is C71H131NO10. The Labute approximate surface area is 504 Å². The number of aliphatic hydroxyl groups is 5. The number of amides is 1. The number of nitrogens with one attached hydrogen (secondary N) is 1. The van der Waals surface area contributed by atoms with Crippen LogP contribution in [0.15, 0.2) is 48.6 Å². The van der Waals surface area contributed by atoms with Crippen LogP contribution in [0.25, 0.3) is 0 Å². The highest BCUT2D eigenvalue weighted by Gasteiger charge is 2.44. The van der Waals surface area contributed by atoms with E-state index in [0.717, 1.165) is 64.2 Å². The smallest absolute Gasteiger partial charge is 0.305 e. The molecule has 0 aromatic heterocycles. The molecule has 0 bridgehead atoms. The van der Waals surface area contributed by atoms with Gasteiger partial charge in [-0.2, -0.15) is 0 Å². The van der Waals surface area contributed by atoms with Crippen molar-refractivity contribution in [2.24, 2.45) is 0 Å². The Bertz CT molecular complexity index is 1500. The average Bonchev–Trinajstić information content (AvgIpc) is 3.64. The maximum absolute atomic E-state index is 13.0. The Morgan fingerprint density at radius 3 is 1.24 bits per heavy atom. The topological polar surface area (TPSA) is 175 Å². The number of carbonyl (C=O) groups excluding carboxylic acids is 2. The van der Waals surface area contributed by atoms with Crippen molar-refractivity contribution < 1.29 is 49.3 Å². The minimum absolute atomic E-state index is 0.00344. The van der Waals surface area contributed by atoms with Gasteiger partial charge in [0.25, 0.3) is 0 Å². The molecule has 0 saturated carbocycles. The summed E-state index contributed by atoms with van der Waals surface area (Å²) in [5.74, 6) is -0.186. The van der Waals surface area contributed by atoms with Crippen LogP contribution in [0.3, 0.4) is 0 Å². The highest BCUT2D eigenvalue weighted by molar-refractivity contribution is 5.76. The molecule has 82 heavy (non-hydrogen) atoms. The van der Waals surface area contributed by atoms with Gasteiger partial charge in [-0.05, 0) is 89.9 Å². The van der Waals surface area contributed by atoms with Crippen LogP contribution in [0.1, 0.15) is 328 Å². The second-order valence-corrected chi connectivity index (χ2v) is 24.2. The number of allylic oxidation sites excluding steroid dienone is 7. The molecule has 6 N–H and O–H groups in total. The SMILES string of the molecule is CCCCCCC/C=C\CCCCCCCC(=O)OCCCCCCCCCCC/C=C\C/C=C\CCCCCCCCCCCCCCCCCC(=O)NC(COC1OC(CO)C(O)C(O)C1O)C(O)/C=C/CCCCCCCCC. The fourth-order valence-corrected chi connectivity index (χ4v) is 10.9. The summed E-state index contributed by atoms with van der Waals surface area (Å²) in [4.78, 5) is 25.1. The Morgan fingerprint density at radius 2 is 0.817 bits per heavy atom. The van der Waals surface area contributed by atoms with Crippen molar-refractivity contribution in [2.45, 2.75) is 371 Å². The normalized spacial score (nSPS) is 18.5. The molecule has 11 nitrogen and oxygen atoms in total. The van der Waals surface area contributed by atoms with Crippen molar-refractivity contribution in [2.75, 3.05) is 19.8 Å². The van der Waals surface area contributed by atoms with Crippen molar-refractivity contribution >= 4 is 11.9 Å². The zero-order chi connectivity index (χ0) is 59.5. The molecule has 1 amide bonds. The maximum atomic E-state index is 13.0. The molecule has 1 aliphatic rings. The first kappa shape index (κ1) is 77.6. The van der Waals surface area contributed by atoms with Gasteiger partial charge < -0.3 is 45.1 Å². The van der Waals surface area contributed by atoms with Gasteiger partial charge in [0.15, 0.2) is 6.29 Å². The van der Waals surface area contributed by atoms with E-state index in [1.54, 1.807) is 6.08 Å². The third-order valence-electron chi connectivity index (χ3n) is 16.4. The van der Waals surface area contributed by atoms with E-state index in [1.807, 2.05) is 6.08 Å². The van der Waals surface area contributed by atoms with E-state index in [-0.39, 0.29) is 18.5 Å². The summed E-state index contributed by atoms with van der Waals surface area (Å²) >= 11 is 0. The lowest BCUT2D eigenvalue weighted by atomic mass is 9.99. The predicted octanol–water partition coefficient (Wildman–Crippen LogP) is 17.6. The van der Waals surface area contributed by atoms with Crippen LogP contribution in [0.2, 0.25) is 0 Å². The summed E-state index contributed by atoms with van der Waals surface area (Å²) in [6.45, 7) is 4.32. The molecule has 1 aliphatic heterocycles. The van der Waals surface area contributed by atoms with E-state index in [0.29, 0.717) is 19.4 Å².